The summed E-state index contributed by atoms with van der Waals surface area (Å²) in [5, 5.41) is 9.44. The molecule has 0 fully saturated rings. The highest BCUT2D eigenvalue weighted by Crippen LogP contribution is 2.27. The van der Waals surface area contributed by atoms with Gasteiger partial charge in [0.2, 0.25) is 0 Å². The Kier molecular flexibility index (Phi) is 4.78. The van der Waals surface area contributed by atoms with E-state index in [1.807, 2.05) is 35.8 Å². The molecule has 2 heterocycles. The lowest BCUT2D eigenvalue weighted by molar-refractivity contribution is 0.0995. The van der Waals surface area contributed by atoms with E-state index in [0.717, 1.165) is 16.1 Å². The lowest BCUT2D eigenvalue weighted by Gasteiger charge is -2.10. The molecule has 6 nitrogen and oxygen atoms in total. The molecule has 1 unspecified atom stereocenters. The fraction of sp³-hybridized carbons (Fsp3) is 0.312. The number of ketones is 1. The first-order valence-corrected chi connectivity index (χ1v) is 8.22. The number of nitrogens with one attached hydrogen (secondary N) is 1. The van der Waals surface area contributed by atoms with Crippen molar-refractivity contribution in [3.63, 3.8) is 0 Å². The van der Waals surface area contributed by atoms with Gasteiger partial charge in [-0.05, 0) is 13.0 Å². The van der Waals surface area contributed by atoms with Crippen LogP contribution in [0.2, 0.25) is 0 Å². The number of rotatable bonds is 7. The Bertz CT molecular complexity index is 811. The Hall–Kier alpha value is -2.12. The van der Waals surface area contributed by atoms with E-state index < -0.39 is 0 Å². The first-order valence-electron chi connectivity index (χ1n) is 7.34. The van der Waals surface area contributed by atoms with Crippen molar-refractivity contribution in [1.29, 1.82) is 0 Å². The summed E-state index contributed by atoms with van der Waals surface area (Å²) in [5.41, 5.74) is 1.68. The number of nitrogens with zero attached hydrogens (tertiary/aromatic N) is 3. The molecule has 1 aromatic carbocycles. The van der Waals surface area contributed by atoms with Gasteiger partial charge in [-0.15, -0.1) is 10.2 Å². The molecule has 3 aromatic rings. The van der Waals surface area contributed by atoms with Crippen LogP contribution in [0.3, 0.4) is 0 Å². The lowest BCUT2D eigenvalue weighted by atomic mass is 10.1. The summed E-state index contributed by atoms with van der Waals surface area (Å²) < 4.78 is 6.97. The number of carbonyl (C=O) groups excluding carboxylic acids is 1. The number of thioether (sulfide) groups is 1. The average Bonchev–Trinajstić information content (AvgIpc) is 3.18. The highest BCUT2D eigenvalue weighted by atomic mass is 32.2. The van der Waals surface area contributed by atoms with Crippen LogP contribution in [0.5, 0.6) is 0 Å². The molecule has 0 radical (unpaired) electrons. The number of benzene rings is 1. The molecule has 0 aliphatic heterocycles. The monoisotopic (exact) mass is 330 g/mol. The fourth-order valence-electron chi connectivity index (χ4n) is 2.38. The predicted octanol–water partition coefficient (Wildman–Crippen LogP) is 2.77. The van der Waals surface area contributed by atoms with Crippen LogP contribution >= 0.6 is 11.8 Å². The molecular formula is C16H18N4O2S. The minimum atomic E-state index is -0.250. The zero-order valence-corrected chi connectivity index (χ0v) is 13.8. The minimum Gasteiger partial charge on any atom is -0.383 e. The molecule has 0 spiro atoms. The van der Waals surface area contributed by atoms with Gasteiger partial charge < -0.3 is 14.3 Å². The topological polar surface area (TPSA) is 72.8 Å². The van der Waals surface area contributed by atoms with Crippen molar-refractivity contribution in [2.24, 2.45) is 0 Å². The van der Waals surface area contributed by atoms with E-state index in [4.69, 9.17) is 4.74 Å². The van der Waals surface area contributed by atoms with Crippen LogP contribution in [-0.2, 0) is 11.3 Å². The molecule has 0 aliphatic carbocycles. The summed E-state index contributed by atoms with van der Waals surface area (Å²) in [4.78, 5) is 15.9. The Morgan fingerprint density at radius 1 is 1.43 bits per heavy atom. The smallest absolute Gasteiger partial charge is 0.191 e. The molecule has 2 aromatic heterocycles. The van der Waals surface area contributed by atoms with Crippen LogP contribution in [0.15, 0.2) is 41.9 Å². The number of fused-ring (bicyclic) bond motifs is 1. The number of carbonyl (C=O) groups is 1. The molecule has 0 aliphatic rings. The van der Waals surface area contributed by atoms with Crippen molar-refractivity contribution in [3.05, 3.63) is 42.4 Å². The average molecular weight is 330 g/mol. The molecule has 0 bridgehead atoms. The minimum absolute atomic E-state index is 0.0775. The van der Waals surface area contributed by atoms with Crippen molar-refractivity contribution in [1.82, 2.24) is 19.7 Å². The predicted molar refractivity (Wildman–Crippen MR) is 89.8 cm³/mol. The first-order chi connectivity index (χ1) is 11.2. The molecule has 0 saturated heterocycles. The molecule has 1 atom stereocenters. The highest BCUT2D eigenvalue weighted by molar-refractivity contribution is 8.00. The molecule has 3 rings (SSSR count). The number of ether oxygens (including phenoxy) is 1. The summed E-state index contributed by atoms with van der Waals surface area (Å²) in [5.74, 6) is 0.0775. The maximum Gasteiger partial charge on any atom is 0.191 e. The Morgan fingerprint density at radius 2 is 2.26 bits per heavy atom. The summed E-state index contributed by atoms with van der Waals surface area (Å²) in [6, 6.07) is 7.80. The summed E-state index contributed by atoms with van der Waals surface area (Å²) in [7, 11) is 1.65. The summed E-state index contributed by atoms with van der Waals surface area (Å²) >= 11 is 1.41. The third kappa shape index (κ3) is 3.30. The van der Waals surface area contributed by atoms with E-state index in [1.54, 1.807) is 19.6 Å². The Morgan fingerprint density at radius 3 is 3.09 bits per heavy atom. The zero-order chi connectivity index (χ0) is 16.2. The van der Waals surface area contributed by atoms with Gasteiger partial charge in [0.15, 0.2) is 10.9 Å². The SMILES string of the molecule is COCCn1cnnc1SC(C)C(=O)c1c[nH]c2ccccc12. The maximum atomic E-state index is 12.7. The van der Waals surface area contributed by atoms with E-state index in [-0.39, 0.29) is 11.0 Å². The van der Waals surface area contributed by atoms with Crippen LogP contribution in [0.25, 0.3) is 10.9 Å². The van der Waals surface area contributed by atoms with Crippen molar-refractivity contribution >= 4 is 28.4 Å². The third-order valence-corrected chi connectivity index (χ3v) is 4.72. The van der Waals surface area contributed by atoms with Gasteiger partial charge in [0.1, 0.15) is 6.33 Å². The van der Waals surface area contributed by atoms with Crippen LogP contribution in [0.1, 0.15) is 17.3 Å². The second-order valence-corrected chi connectivity index (χ2v) is 6.48. The number of para-hydroxylation sites is 1. The van der Waals surface area contributed by atoms with Crippen molar-refractivity contribution in [2.45, 2.75) is 23.9 Å². The van der Waals surface area contributed by atoms with Crippen molar-refractivity contribution in [3.8, 4) is 0 Å². The molecule has 0 saturated carbocycles. The molecule has 0 amide bonds. The van der Waals surface area contributed by atoms with Crippen molar-refractivity contribution < 1.29 is 9.53 Å². The number of H-pyrrole nitrogens is 1. The number of aromatic amines is 1. The van der Waals surface area contributed by atoms with Crippen LogP contribution < -0.4 is 0 Å². The van der Waals surface area contributed by atoms with Gasteiger partial charge in [-0.3, -0.25) is 4.79 Å². The van der Waals surface area contributed by atoms with Crippen LogP contribution in [0, 0.1) is 0 Å². The first kappa shape index (κ1) is 15.8. The largest absolute Gasteiger partial charge is 0.383 e. The number of hydrogen-bond donors (Lipinski definition) is 1. The Balaban J connectivity index is 1.77. The van der Waals surface area contributed by atoms with Crippen molar-refractivity contribution in [2.75, 3.05) is 13.7 Å². The van der Waals surface area contributed by atoms with Gasteiger partial charge in [-0.1, -0.05) is 30.0 Å². The fourth-order valence-corrected chi connectivity index (χ4v) is 3.30. The van der Waals surface area contributed by atoms with E-state index >= 15 is 0 Å². The number of methoxy groups -OCH3 is 1. The van der Waals surface area contributed by atoms with Gasteiger partial charge in [0.05, 0.1) is 11.9 Å². The lowest BCUT2D eigenvalue weighted by Crippen LogP contribution is -2.15. The molecule has 120 valence electrons. The van der Waals surface area contributed by atoms with E-state index in [0.29, 0.717) is 18.7 Å². The second-order valence-electron chi connectivity index (χ2n) is 5.17. The molecule has 7 heteroatoms. The van der Waals surface area contributed by atoms with E-state index in [2.05, 4.69) is 15.2 Å². The number of hydrogen-bond acceptors (Lipinski definition) is 5. The molecule has 23 heavy (non-hydrogen) atoms. The normalized spacial score (nSPS) is 12.6. The van der Waals surface area contributed by atoms with Gasteiger partial charge in [-0.25, -0.2) is 0 Å². The highest BCUT2D eigenvalue weighted by Gasteiger charge is 2.21. The van der Waals surface area contributed by atoms with E-state index in [1.165, 1.54) is 11.8 Å². The standard InChI is InChI=1S/C16H18N4O2S/c1-11(23-16-19-18-10-20(16)7-8-22-2)15(21)13-9-17-14-6-4-3-5-12(13)14/h3-6,9-11,17H,7-8H2,1-2H3. The van der Waals surface area contributed by atoms with Gasteiger partial charge in [-0.2, -0.15) is 0 Å². The number of Topliss-reactive ketones (excluding diaryl/α,β-unsaturated/α-hetero) is 1. The third-order valence-electron chi connectivity index (χ3n) is 3.62. The van der Waals surface area contributed by atoms with E-state index in [9.17, 15) is 4.79 Å². The van der Waals surface area contributed by atoms with Crippen LogP contribution in [0.4, 0.5) is 0 Å². The molecule has 1 N–H and O–H groups in total. The number of aromatic nitrogens is 4. The summed E-state index contributed by atoms with van der Waals surface area (Å²) in [6.07, 6.45) is 3.43. The quantitative estimate of drug-likeness (QED) is 0.533. The molecular weight excluding hydrogens is 312 g/mol. The summed E-state index contributed by atoms with van der Waals surface area (Å²) in [6.45, 7) is 3.14. The van der Waals surface area contributed by atoms with Gasteiger partial charge >= 0.3 is 0 Å². The van der Waals surface area contributed by atoms with Gasteiger partial charge in [0, 0.05) is 36.3 Å². The zero-order valence-electron chi connectivity index (χ0n) is 13.0. The second kappa shape index (κ2) is 6.97. The maximum absolute atomic E-state index is 12.7. The van der Waals surface area contributed by atoms with Gasteiger partial charge in [0.25, 0.3) is 0 Å². The van der Waals surface area contributed by atoms with Crippen LogP contribution in [-0.4, -0.2) is 44.5 Å². The Labute approximate surface area is 138 Å².